The Balaban J connectivity index is 2.40. The first-order chi connectivity index (χ1) is 10.2. The zero-order chi connectivity index (χ0) is 16.4. The van der Waals surface area contributed by atoms with Crippen LogP contribution in [0.1, 0.15) is 23.6 Å². The maximum absolute atomic E-state index is 13.1. The second-order valence-electron chi connectivity index (χ2n) is 5.21. The lowest BCUT2D eigenvalue weighted by Gasteiger charge is -2.36. The zero-order valence-corrected chi connectivity index (χ0v) is 11.6. The second kappa shape index (κ2) is 6.45. The third kappa shape index (κ3) is 4.36. The molecule has 0 aliphatic carbocycles. The number of nitrogens with one attached hydrogen (secondary N) is 1. The Labute approximate surface area is 124 Å². The molecule has 1 atom stereocenters. The van der Waals surface area contributed by atoms with E-state index in [4.69, 9.17) is 0 Å². The lowest BCUT2D eigenvalue weighted by atomic mass is 9.95. The van der Waals surface area contributed by atoms with E-state index < -0.39 is 30.4 Å². The minimum atomic E-state index is -4.67. The number of halogens is 6. The van der Waals surface area contributed by atoms with E-state index in [-0.39, 0.29) is 18.7 Å². The van der Waals surface area contributed by atoms with Crippen molar-refractivity contribution in [3.63, 3.8) is 0 Å². The van der Waals surface area contributed by atoms with Crippen molar-refractivity contribution >= 4 is 0 Å². The summed E-state index contributed by atoms with van der Waals surface area (Å²) in [4.78, 5) is 1.47. The zero-order valence-electron chi connectivity index (χ0n) is 11.6. The summed E-state index contributed by atoms with van der Waals surface area (Å²) < 4.78 is 77.8. The predicted molar refractivity (Wildman–Crippen MR) is 69.3 cm³/mol. The number of alkyl halides is 6. The van der Waals surface area contributed by atoms with E-state index in [1.165, 1.54) is 17.0 Å². The number of benzene rings is 1. The van der Waals surface area contributed by atoms with E-state index in [1.807, 2.05) is 0 Å². The Morgan fingerprint density at radius 1 is 1.00 bits per heavy atom. The molecule has 1 fully saturated rings. The number of rotatable bonds is 3. The van der Waals surface area contributed by atoms with Crippen LogP contribution >= 0.6 is 0 Å². The van der Waals surface area contributed by atoms with Gasteiger partial charge in [-0.25, -0.2) is 0 Å². The van der Waals surface area contributed by atoms with Crippen LogP contribution in [0.25, 0.3) is 0 Å². The lowest BCUT2D eigenvalue weighted by Crippen LogP contribution is -2.46. The van der Waals surface area contributed by atoms with E-state index in [0.29, 0.717) is 13.1 Å². The monoisotopic (exact) mass is 326 g/mol. The highest BCUT2D eigenvalue weighted by Gasteiger charge is 2.41. The fourth-order valence-electron chi connectivity index (χ4n) is 2.69. The molecular weight excluding hydrogens is 310 g/mol. The van der Waals surface area contributed by atoms with Crippen LogP contribution in [0.2, 0.25) is 0 Å². The minimum Gasteiger partial charge on any atom is -0.314 e. The molecule has 0 unspecified atom stereocenters. The highest BCUT2D eigenvalue weighted by Crippen LogP contribution is 2.40. The van der Waals surface area contributed by atoms with Crippen LogP contribution in [-0.4, -0.2) is 37.3 Å². The van der Waals surface area contributed by atoms with Gasteiger partial charge in [0, 0.05) is 32.2 Å². The summed E-state index contributed by atoms with van der Waals surface area (Å²) >= 11 is 0. The van der Waals surface area contributed by atoms with Crippen LogP contribution in [0.5, 0.6) is 0 Å². The molecule has 2 rings (SSSR count). The molecule has 124 valence electrons. The van der Waals surface area contributed by atoms with Gasteiger partial charge in [0.15, 0.2) is 0 Å². The van der Waals surface area contributed by atoms with Gasteiger partial charge in [-0.05, 0) is 11.6 Å². The van der Waals surface area contributed by atoms with Gasteiger partial charge in [0.1, 0.15) is 0 Å². The van der Waals surface area contributed by atoms with Crippen LogP contribution in [0.3, 0.4) is 0 Å². The smallest absolute Gasteiger partial charge is 0.314 e. The molecule has 2 nitrogen and oxygen atoms in total. The molecule has 1 saturated heterocycles. The fourth-order valence-corrected chi connectivity index (χ4v) is 2.69. The molecule has 22 heavy (non-hydrogen) atoms. The average molecular weight is 326 g/mol. The molecule has 0 amide bonds. The standard InChI is InChI=1S/C14H16F6N2/c15-13(16,17)9-12(22-7-5-21-6-8-22)10-3-1-2-4-11(10)14(18,19)20/h1-4,12,21H,5-9H2/t12-/m0/s1. The molecular formula is C14H16F6N2. The molecule has 0 aromatic heterocycles. The van der Waals surface area contributed by atoms with Crippen molar-refractivity contribution < 1.29 is 26.3 Å². The Morgan fingerprint density at radius 2 is 1.59 bits per heavy atom. The van der Waals surface area contributed by atoms with Crippen molar-refractivity contribution in [3.05, 3.63) is 35.4 Å². The first-order valence-corrected chi connectivity index (χ1v) is 6.86. The third-order valence-electron chi connectivity index (χ3n) is 3.64. The van der Waals surface area contributed by atoms with Gasteiger partial charge in [-0.15, -0.1) is 0 Å². The molecule has 0 radical (unpaired) electrons. The van der Waals surface area contributed by atoms with Gasteiger partial charge in [0.05, 0.1) is 12.0 Å². The Morgan fingerprint density at radius 3 is 2.14 bits per heavy atom. The average Bonchev–Trinajstić information content (AvgIpc) is 2.44. The number of piperazine rings is 1. The molecule has 0 bridgehead atoms. The van der Waals surface area contributed by atoms with Gasteiger partial charge < -0.3 is 5.32 Å². The van der Waals surface area contributed by atoms with Crippen molar-refractivity contribution in [2.45, 2.75) is 24.8 Å². The van der Waals surface area contributed by atoms with Crippen molar-refractivity contribution in [2.75, 3.05) is 26.2 Å². The molecule has 1 N–H and O–H groups in total. The molecule has 1 aromatic carbocycles. The molecule has 0 saturated carbocycles. The first kappa shape index (κ1) is 17.1. The third-order valence-corrected chi connectivity index (χ3v) is 3.64. The molecule has 0 spiro atoms. The van der Waals surface area contributed by atoms with Gasteiger partial charge in [-0.3, -0.25) is 4.90 Å². The topological polar surface area (TPSA) is 15.3 Å². The fraction of sp³-hybridized carbons (Fsp3) is 0.571. The molecule has 1 aromatic rings. The van der Waals surface area contributed by atoms with Crippen LogP contribution in [0, 0.1) is 0 Å². The van der Waals surface area contributed by atoms with E-state index in [0.717, 1.165) is 12.1 Å². The molecule has 8 heteroatoms. The maximum Gasteiger partial charge on any atom is 0.416 e. The number of hydrogen-bond donors (Lipinski definition) is 1. The highest BCUT2D eigenvalue weighted by molar-refractivity contribution is 5.32. The predicted octanol–water partition coefficient (Wildman–Crippen LogP) is 3.60. The van der Waals surface area contributed by atoms with Crippen LogP contribution in [0.4, 0.5) is 26.3 Å². The van der Waals surface area contributed by atoms with Crippen molar-refractivity contribution in [3.8, 4) is 0 Å². The number of hydrogen-bond acceptors (Lipinski definition) is 2. The Kier molecular flexibility index (Phi) is 5.01. The van der Waals surface area contributed by atoms with Gasteiger partial charge in [-0.1, -0.05) is 18.2 Å². The van der Waals surface area contributed by atoms with E-state index >= 15 is 0 Å². The second-order valence-corrected chi connectivity index (χ2v) is 5.21. The van der Waals surface area contributed by atoms with E-state index in [2.05, 4.69) is 5.32 Å². The summed E-state index contributed by atoms with van der Waals surface area (Å²) in [5.41, 5.74) is -1.31. The van der Waals surface area contributed by atoms with Gasteiger partial charge in [0.2, 0.25) is 0 Å². The number of nitrogens with zero attached hydrogens (tertiary/aromatic N) is 1. The maximum atomic E-state index is 13.1. The lowest BCUT2D eigenvalue weighted by molar-refractivity contribution is -0.153. The Hall–Kier alpha value is -1.28. The molecule has 1 heterocycles. The van der Waals surface area contributed by atoms with Gasteiger partial charge in [-0.2, -0.15) is 26.3 Å². The van der Waals surface area contributed by atoms with Crippen LogP contribution in [-0.2, 0) is 6.18 Å². The minimum absolute atomic E-state index is 0.285. The highest BCUT2D eigenvalue weighted by atomic mass is 19.4. The Bertz CT molecular complexity index is 491. The van der Waals surface area contributed by atoms with E-state index in [1.54, 1.807) is 0 Å². The summed E-state index contributed by atoms with van der Waals surface area (Å²) in [7, 11) is 0. The van der Waals surface area contributed by atoms with E-state index in [9.17, 15) is 26.3 Å². The van der Waals surface area contributed by atoms with Crippen molar-refractivity contribution in [2.24, 2.45) is 0 Å². The SMILES string of the molecule is FC(F)(F)C[C@@H](c1ccccc1C(F)(F)F)N1CCNCC1. The normalized spacial score (nSPS) is 19.2. The van der Waals surface area contributed by atoms with Gasteiger partial charge >= 0.3 is 12.4 Å². The molecule has 1 aliphatic heterocycles. The summed E-state index contributed by atoms with van der Waals surface area (Å²) in [6.07, 6.45) is -10.5. The van der Waals surface area contributed by atoms with Crippen LogP contribution in [0.15, 0.2) is 24.3 Å². The first-order valence-electron chi connectivity index (χ1n) is 6.86. The summed E-state index contributed by atoms with van der Waals surface area (Å²) in [5.74, 6) is 0. The summed E-state index contributed by atoms with van der Waals surface area (Å²) in [6, 6.07) is 3.19. The van der Waals surface area contributed by atoms with Crippen LogP contribution < -0.4 is 5.32 Å². The van der Waals surface area contributed by atoms with Crippen molar-refractivity contribution in [1.82, 2.24) is 10.2 Å². The largest absolute Gasteiger partial charge is 0.416 e. The quantitative estimate of drug-likeness (QED) is 0.854. The summed E-state index contributed by atoms with van der Waals surface area (Å²) in [5, 5.41) is 2.98. The molecule has 1 aliphatic rings. The van der Waals surface area contributed by atoms with Gasteiger partial charge in [0.25, 0.3) is 0 Å². The summed E-state index contributed by atoms with van der Waals surface area (Å²) in [6.45, 7) is 1.49. The van der Waals surface area contributed by atoms with Crippen molar-refractivity contribution in [1.29, 1.82) is 0 Å².